The monoisotopic (exact) mass is 456 g/mol. The van der Waals surface area contributed by atoms with Gasteiger partial charge in [0, 0.05) is 37.8 Å². The minimum atomic E-state index is -0.645. The molecule has 1 fully saturated rings. The van der Waals surface area contributed by atoms with Gasteiger partial charge in [-0.25, -0.2) is 17.6 Å². The highest BCUT2D eigenvalue weighted by atomic mass is 19.1. The molecular weight excluding hydrogens is 432 g/mol. The summed E-state index contributed by atoms with van der Waals surface area (Å²) in [4.78, 5) is 14.9. The van der Waals surface area contributed by atoms with Gasteiger partial charge in [-0.1, -0.05) is 30.3 Å². The quantitative estimate of drug-likeness (QED) is 0.520. The van der Waals surface area contributed by atoms with E-state index in [1.54, 1.807) is 24.3 Å². The number of hydrogen-bond donors (Lipinski definition) is 1. The number of carbonyl (C=O) groups is 1. The van der Waals surface area contributed by atoms with E-state index >= 15 is 0 Å². The lowest BCUT2D eigenvalue weighted by Gasteiger charge is -2.37. The molecule has 0 aromatic heterocycles. The molecule has 1 aliphatic rings. The Bertz CT molecular complexity index is 1120. The second kappa shape index (κ2) is 10.2. The average molecular weight is 456 g/mol. The van der Waals surface area contributed by atoms with Crippen molar-refractivity contribution < 1.29 is 22.4 Å². The van der Waals surface area contributed by atoms with Crippen molar-refractivity contribution in [3.63, 3.8) is 0 Å². The second-order valence-electron chi connectivity index (χ2n) is 8.46. The van der Waals surface area contributed by atoms with Crippen molar-refractivity contribution in [1.82, 2.24) is 10.2 Å². The van der Waals surface area contributed by atoms with Gasteiger partial charge in [0.2, 0.25) is 5.91 Å². The van der Waals surface area contributed by atoms with Gasteiger partial charge in [0.25, 0.3) is 0 Å². The van der Waals surface area contributed by atoms with Crippen LogP contribution in [0.5, 0.6) is 0 Å². The molecule has 1 heterocycles. The van der Waals surface area contributed by atoms with E-state index in [1.165, 1.54) is 36.4 Å². The molecule has 0 aliphatic carbocycles. The van der Waals surface area contributed by atoms with E-state index in [0.29, 0.717) is 30.6 Å². The Labute approximate surface area is 190 Å². The van der Waals surface area contributed by atoms with E-state index in [1.807, 2.05) is 4.90 Å². The number of nitrogens with zero attached hydrogens (tertiary/aromatic N) is 1. The van der Waals surface area contributed by atoms with Crippen LogP contribution in [0.1, 0.15) is 29.0 Å². The maximum absolute atomic E-state index is 14.2. The van der Waals surface area contributed by atoms with E-state index in [0.717, 1.165) is 11.6 Å². The smallest absolute Gasteiger partial charge is 0.224 e. The van der Waals surface area contributed by atoms with Crippen molar-refractivity contribution in [3.05, 3.63) is 107 Å². The van der Waals surface area contributed by atoms with Crippen LogP contribution in [0.25, 0.3) is 0 Å². The average Bonchev–Trinajstić information content (AvgIpc) is 2.80. The third-order valence-electron chi connectivity index (χ3n) is 6.00. The summed E-state index contributed by atoms with van der Waals surface area (Å²) in [5.74, 6) is -2.64. The lowest BCUT2D eigenvalue weighted by Crippen LogP contribution is -2.45. The topological polar surface area (TPSA) is 32.3 Å². The van der Waals surface area contributed by atoms with Gasteiger partial charge in [-0.2, -0.15) is 0 Å². The van der Waals surface area contributed by atoms with Gasteiger partial charge in [-0.15, -0.1) is 0 Å². The first-order chi connectivity index (χ1) is 15.9. The number of piperidine rings is 1. The fraction of sp³-hybridized carbons (Fsp3) is 0.269. The minimum Gasteiger partial charge on any atom is -0.352 e. The molecule has 1 saturated heterocycles. The molecule has 3 aromatic carbocycles. The highest BCUT2D eigenvalue weighted by molar-refractivity contribution is 5.79. The molecule has 1 N–H and O–H groups in total. The van der Waals surface area contributed by atoms with Crippen molar-refractivity contribution in [1.29, 1.82) is 0 Å². The van der Waals surface area contributed by atoms with E-state index in [4.69, 9.17) is 0 Å². The van der Waals surface area contributed by atoms with Crippen LogP contribution < -0.4 is 5.32 Å². The van der Waals surface area contributed by atoms with E-state index in [9.17, 15) is 22.4 Å². The first-order valence-corrected chi connectivity index (χ1v) is 10.8. The predicted molar refractivity (Wildman–Crippen MR) is 117 cm³/mol. The van der Waals surface area contributed by atoms with Crippen LogP contribution in [0.3, 0.4) is 0 Å². The van der Waals surface area contributed by atoms with Crippen LogP contribution in [0.4, 0.5) is 17.6 Å². The molecule has 0 unspecified atom stereocenters. The molecule has 3 nitrogen and oxygen atoms in total. The molecule has 0 radical (unpaired) electrons. The zero-order chi connectivity index (χ0) is 23.4. The number of amides is 1. The Balaban J connectivity index is 1.50. The number of nitrogens with one attached hydrogen (secondary N) is 1. The molecule has 0 saturated carbocycles. The zero-order valence-corrected chi connectivity index (χ0v) is 17.9. The number of hydrogen-bond acceptors (Lipinski definition) is 2. The molecule has 3 aromatic rings. The van der Waals surface area contributed by atoms with Crippen molar-refractivity contribution >= 4 is 5.91 Å². The molecule has 2 atom stereocenters. The lowest BCUT2D eigenvalue weighted by molar-refractivity contribution is -0.127. The maximum atomic E-state index is 14.2. The summed E-state index contributed by atoms with van der Waals surface area (Å²) in [6, 6.07) is 15.6. The Hall–Kier alpha value is -3.19. The van der Waals surface area contributed by atoms with Gasteiger partial charge in [0.05, 0.1) is 5.92 Å². The molecule has 0 bridgehead atoms. The van der Waals surface area contributed by atoms with Gasteiger partial charge in [0.1, 0.15) is 23.3 Å². The Morgan fingerprint density at radius 1 is 0.879 bits per heavy atom. The number of halogens is 4. The number of rotatable bonds is 6. The first-order valence-electron chi connectivity index (χ1n) is 10.8. The van der Waals surface area contributed by atoms with Crippen LogP contribution in [0.15, 0.2) is 66.7 Å². The van der Waals surface area contributed by atoms with E-state index < -0.39 is 17.6 Å². The molecule has 172 valence electrons. The van der Waals surface area contributed by atoms with Gasteiger partial charge in [-0.05, 0) is 53.8 Å². The summed E-state index contributed by atoms with van der Waals surface area (Å²) in [5, 5.41) is 2.86. The third-order valence-corrected chi connectivity index (χ3v) is 6.00. The fourth-order valence-corrected chi connectivity index (χ4v) is 4.36. The second-order valence-corrected chi connectivity index (χ2v) is 8.46. The molecule has 7 heteroatoms. The van der Waals surface area contributed by atoms with Gasteiger partial charge in [0.15, 0.2) is 0 Å². The normalized spacial score (nSPS) is 18.8. The highest BCUT2D eigenvalue weighted by Gasteiger charge is 2.32. The maximum Gasteiger partial charge on any atom is 0.224 e. The van der Waals surface area contributed by atoms with Crippen molar-refractivity contribution in [2.24, 2.45) is 5.92 Å². The van der Waals surface area contributed by atoms with Crippen molar-refractivity contribution in [2.45, 2.75) is 25.4 Å². The highest BCUT2D eigenvalue weighted by Crippen LogP contribution is 2.32. The van der Waals surface area contributed by atoms with Crippen LogP contribution in [-0.4, -0.2) is 23.9 Å². The summed E-state index contributed by atoms with van der Waals surface area (Å²) < 4.78 is 54.4. The summed E-state index contributed by atoms with van der Waals surface area (Å²) in [6.45, 7) is 1.36. The standard InChI is InChI=1S/C26H24F4N2O/c27-22-7-4-18(5-8-22)20-11-21(26(33)31-13-17-2-1-3-23(28)10-17)16-32(15-20)14-19-6-9-24(29)12-25(19)30/h1-10,12,20-21H,11,13-16H2,(H,31,33)/t20-,21+/m1/s1. The molecule has 33 heavy (non-hydrogen) atoms. The Kier molecular flexibility index (Phi) is 7.08. The van der Waals surface area contributed by atoms with E-state index in [2.05, 4.69) is 5.32 Å². The number of benzene rings is 3. The Morgan fingerprint density at radius 2 is 1.61 bits per heavy atom. The SMILES string of the molecule is O=C(NCc1cccc(F)c1)[C@H]1C[C@@H](c2ccc(F)cc2)CN(Cc2ccc(F)cc2F)C1. The van der Waals surface area contributed by atoms with Crippen LogP contribution in [0.2, 0.25) is 0 Å². The van der Waals surface area contributed by atoms with Crippen LogP contribution >= 0.6 is 0 Å². The molecule has 4 rings (SSSR count). The number of likely N-dealkylation sites (tertiary alicyclic amines) is 1. The zero-order valence-electron chi connectivity index (χ0n) is 17.9. The Morgan fingerprint density at radius 3 is 2.33 bits per heavy atom. The van der Waals surface area contributed by atoms with Gasteiger partial charge >= 0.3 is 0 Å². The molecule has 1 aliphatic heterocycles. The molecule has 0 spiro atoms. The van der Waals surface area contributed by atoms with Gasteiger partial charge < -0.3 is 5.32 Å². The summed E-state index contributed by atoms with van der Waals surface area (Å²) in [5.41, 5.74) is 1.89. The number of carbonyl (C=O) groups excluding carboxylic acids is 1. The van der Waals surface area contributed by atoms with Crippen molar-refractivity contribution in [2.75, 3.05) is 13.1 Å². The third kappa shape index (κ3) is 5.99. The summed E-state index contributed by atoms with van der Waals surface area (Å²) in [6.07, 6.45) is 0.545. The summed E-state index contributed by atoms with van der Waals surface area (Å²) >= 11 is 0. The molecular formula is C26H24F4N2O. The summed E-state index contributed by atoms with van der Waals surface area (Å²) in [7, 11) is 0. The first kappa shape index (κ1) is 23.0. The lowest BCUT2D eigenvalue weighted by atomic mass is 9.83. The van der Waals surface area contributed by atoms with Crippen molar-refractivity contribution in [3.8, 4) is 0 Å². The largest absolute Gasteiger partial charge is 0.352 e. The minimum absolute atomic E-state index is 0.0622. The fourth-order valence-electron chi connectivity index (χ4n) is 4.36. The van der Waals surface area contributed by atoms with Crippen LogP contribution in [-0.2, 0) is 17.9 Å². The van der Waals surface area contributed by atoms with Crippen LogP contribution in [0, 0.1) is 29.2 Å². The molecule has 1 amide bonds. The predicted octanol–water partition coefficient (Wildman–Crippen LogP) is 5.17. The van der Waals surface area contributed by atoms with E-state index in [-0.39, 0.29) is 36.5 Å². The van der Waals surface area contributed by atoms with Gasteiger partial charge in [-0.3, -0.25) is 9.69 Å².